The van der Waals surface area contributed by atoms with Gasteiger partial charge in [-0.25, -0.2) is 9.59 Å². The van der Waals surface area contributed by atoms with E-state index in [9.17, 15) is 19.8 Å². The highest BCUT2D eigenvalue weighted by Crippen LogP contribution is 2.68. The first-order valence-corrected chi connectivity index (χ1v) is 14.6. The highest BCUT2D eigenvalue weighted by Gasteiger charge is 2.78. The molecular weight excluding hydrogens is 524 g/mol. The van der Waals surface area contributed by atoms with Crippen molar-refractivity contribution in [1.82, 2.24) is 0 Å². The smallest absolute Gasteiger partial charge is 0.338 e. The van der Waals surface area contributed by atoms with Crippen molar-refractivity contribution in [2.45, 2.75) is 83.8 Å². The molecule has 41 heavy (non-hydrogen) atoms. The Labute approximate surface area is 242 Å². The summed E-state index contributed by atoms with van der Waals surface area (Å²) in [4.78, 5) is 25.7. The summed E-state index contributed by atoms with van der Waals surface area (Å²) in [5, 5.41) is 23.8. The fourth-order valence-corrected chi connectivity index (χ4v) is 7.94. The van der Waals surface area contributed by atoms with E-state index in [1.807, 2.05) is 53.7 Å². The summed E-state index contributed by atoms with van der Waals surface area (Å²) in [6, 6.07) is 17.6. The zero-order chi connectivity index (χ0) is 29.8. The van der Waals surface area contributed by atoms with E-state index in [0.29, 0.717) is 24.0 Å². The van der Waals surface area contributed by atoms with Crippen LogP contribution in [0.5, 0.6) is 0 Å². The molecule has 1 saturated carbocycles. The van der Waals surface area contributed by atoms with Gasteiger partial charge in [0.1, 0.15) is 24.4 Å². The van der Waals surface area contributed by atoms with Gasteiger partial charge in [-0.1, -0.05) is 64.1 Å². The van der Waals surface area contributed by atoms with Crippen molar-refractivity contribution in [3.05, 3.63) is 71.8 Å². The predicted octanol–water partition coefficient (Wildman–Crippen LogP) is 4.98. The highest BCUT2D eigenvalue weighted by atomic mass is 16.8. The Bertz CT molecular complexity index is 1270. The number of carbonyl (C=O) groups is 2. The molecule has 3 fully saturated rings. The van der Waals surface area contributed by atoms with Crippen LogP contribution in [0.15, 0.2) is 60.7 Å². The molecule has 1 aliphatic carbocycles. The summed E-state index contributed by atoms with van der Waals surface area (Å²) < 4.78 is 24.7. The number of benzene rings is 2. The van der Waals surface area contributed by atoms with Gasteiger partial charge in [0.05, 0.1) is 11.1 Å². The number of esters is 2. The summed E-state index contributed by atoms with van der Waals surface area (Å²) in [6.45, 7) is 11.6. The van der Waals surface area contributed by atoms with Crippen molar-refractivity contribution >= 4 is 11.9 Å². The SMILES string of the molecule is CC(C)C1[C@@H](O)[C@]2(O)O[C@@]3(CC[C@@](C)(COC(=O)c4ccccc4)O3)[C@@H](C)[C@@H]2[C@@]1(C)[C@@H](C)OC(=O)c1ccccc1. The molecule has 1 unspecified atom stereocenters. The molecule has 2 saturated heterocycles. The Kier molecular flexibility index (Phi) is 7.60. The van der Waals surface area contributed by atoms with Crippen LogP contribution in [0.25, 0.3) is 0 Å². The number of ether oxygens (including phenoxy) is 4. The van der Waals surface area contributed by atoms with Crippen molar-refractivity contribution in [1.29, 1.82) is 0 Å². The maximum Gasteiger partial charge on any atom is 0.338 e. The minimum Gasteiger partial charge on any atom is -0.459 e. The maximum absolute atomic E-state index is 13.1. The predicted molar refractivity (Wildman–Crippen MR) is 151 cm³/mol. The number of aliphatic hydroxyl groups excluding tert-OH is 1. The van der Waals surface area contributed by atoms with Crippen LogP contribution in [0, 0.1) is 29.1 Å². The zero-order valence-electron chi connectivity index (χ0n) is 24.7. The molecule has 8 nitrogen and oxygen atoms in total. The lowest BCUT2D eigenvalue weighted by atomic mass is 9.62. The van der Waals surface area contributed by atoms with Gasteiger partial charge in [0.2, 0.25) is 0 Å². The minimum absolute atomic E-state index is 0.0151. The molecular formula is C33H42O8. The molecule has 3 aliphatic rings. The van der Waals surface area contributed by atoms with Crippen molar-refractivity contribution in [2.75, 3.05) is 6.61 Å². The molecule has 0 bridgehead atoms. The van der Waals surface area contributed by atoms with Gasteiger partial charge in [-0.15, -0.1) is 0 Å². The van der Waals surface area contributed by atoms with Crippen molar-refractivity contribution in [2.24, 2.45) is 29.1 Å². The quantitative estimate of drug-likeness (QED) is 0.452. The number of fused-ring (bicyclic) bond motifs is 1. The summed E-state index contributed by atoms with van der Waals surface area (Å²) in [5.74, 6) is -5.46. The van der Waals surface area contributed by atoms with Crippen molar-refractivity contribution < 1.29 is 38.7 Å². The van der Waals surface area contributed by atoms with Gasteiger partial charge in [0.15, 0.2) is 11.6 Å². The molecule has 0 radical (unpaired) electrons. The van der Waals surface area contributed by atoms with Gasteiger partial charge in [-0.3, -0.25) is 0 Å². The van der Waals surface area contributed by atoms with E-state index in [0.717, 1.165) is 0 Å². The molecule has 8 heteroatoms. The summed E-state index contributed by atoms with van der Waals surface area (Å²) >= 11 is 0. The van der Waals surface area contributed by atoms with E-state index in [1.165, 1.54) is 0 Å². The highest BCUT2D eigenvalue weighted by molar-refractivity contribution is 5.89. The van der Waals surface area contributed by atoms with Crippen LogP contribution in [-0.4, -0.2) is 58.1 Å². The Morgan fingerprint density at radius 1 is 0.927 bits per heavy atom. The maximum atomic E-state index is 13.1. The number of carbonyl (C=O) groups excluding carboxylic acids is 2. The fourth-order valence-electron chi connectivity index (χ4n) is 7.94. The van der Waals surface area contributed by atoms with E-state index >= 15 is 0 Å². The molecule has 0 amide bonds. The second-order valence-electron chi connectivity index (χ2n) is 12.9. The van der Waals surface area contributed by atoms with Gasteiger partial charge >= 0.3 is 11.9 Å². The van der Waals surface area contributed by atoms with Crippen LogP contribution in [0.4, 0.5) is 0 Å². The molecule has 1 spiro atoms. The van der Waals surface area contributed by atoms with Gasteiger partial charge in [0, 0.05) is 29.6 Å². The van der Waals surface area contributed by atoms with Crippen LogP contribution < -0.4 is 0 Å². The molecule has 0 aromatic heterocycles. The monoisotopic (exact) mass is 566 g/mol. The van der Waals surface area contributed by atoms with Crippen LogP contribution in [0.2, 0.25) is 0 Å². The van der Waals surface area contributed by atoms with Gasteiger partial charge < -0.3 is 29.2 Å². The van der Waals surface area contributed by atoms with E-state index in [-0.39, 0.29) is 18.4 Å². The van der Waals surface area contributed by atoms with Gasteiger partial charge in [-0.2, -0.15) is 0 Å². The largest absolute Gasteiger partial charge is 0.459 e. The minimum atomic E-state index is -1.91. The molecule has 2 heterocycles. The molecule has 2 N–H and O–H groups in total. The van der Waals surface area contributed by atoms with E-state index in [4.69, 9.17) is 18.9 Å². The first-order chi connectivity index (χ1) is 19.3. The average molecular weight is 567 g/mol. The third kappa shape index (κ3) is 4.79. The molecule has 222 valence electrons. The van der Waals surface area contributed by atoms with Gasteiger partial charge in [0.25, 0.3) is 0 Å². The summed E-state index contributed by atoms with van der Waals surface area (Å²) in [5.41, 5.74) is -0.809. The topological polar surface area (TPSA) is 112 Å². The normalized spacial score (nSPS) is 38.7. The third-order valence-corrected chi connectivity index (χ3v) is 9.95. The third-order valence-electron chi connectivity index (χ3n) is 9.95. The van der Waals surface area contributed by atoms with Crippen LogP contribution in [0.3, 0.4) is 0 Å². The lowest BCUT2D eigenvalue weighted by molar-refractivity contribution is -0.341. The Morgan fingerprint density at radius 2 is 1.49 bits per heavy atom. The van der Waals surface area contributed by atoms with Crippen LogP contribution >= 0.6 is 0 Å². The fraction of sp³-hybridized carbons (Fsp3) is 0.576. The van der Waals surface area contributed by atoms with E-state index in [2.05, 4.69) is 0 Å². The van der Waals surface area contributed by atoms with Crippen LogP contribution in [-0.2, 0) is 18.9 Å². The van der Waals surface area contributed by atoms with E-state index in [1.54, 1.807) is 48.5 Å². The number of hydrogen-bond acceptors (Lipinski definition) is 8. The summed E-state index contributed by atoms with van der Waals surface area (Å²) in [7, 11) is 0. The Balaban J connectivity index is 1.40. The number of hydrogen-bond donors (Lipinski definition) is 2. The Hall–Kier alpha value is -2.78. The lowest BCUT2D eigenvalue weighted by Gasteiger charge is -2.45. The van der Waals surface area contributed by atoms with Gasteiger partial charge in [-0.05, 0) is 50.5 Å². The van der Waals surface area contributed by atoms with Crippen molar-refractivity contribution in [3.8, 4) is 0 Å². The lowest BCUT2D eigenvalue weighted by Crippen LogP contribution is -2.50. The first-order valence-electron chi connectivity index (χ1n) is 14.6. The van der Waals surface area contributed by atoms with Crippen LogP contribution in [0.1, 0.15) is 75.1 Å². The molecule has 5 rings (SSSR count). The zero-order valence-corrected chi connectivity index (χ0v) is 24.7. The molecule has 2 aromatic rings. The first kappa shape index (κ1) is 29.7. The average Bonchev–Trinajstić information content (AvgIpc) is 3.46. The second-order valence-corrected chi connectivity index (χ2v) is 12.9. The number of aliphatic hydroxyl groups is 2. The van der Waals surface area contributed by atoms with Crippen molar-refractivity contribution in [3.63, 3.8) is 0 Å². The van der Waals surface area contributed by atoms with E-state index < -0.39 is 58.6 Å². The molecule has 2 aliphatic heterocycles. The number of rotatable bonds is 7. The standard InChI is InChI=1S/C33H42O8/c1-20(2)25-27(34)33(37)26(31(25,6)22(4)39-29(36)24-15-11-8-12-16-24)21(3)32(41-33)18-17-30(5,40-32)19-38-28(35)23-13-9-7-10-14-23/h7-16,20-22,25-27,34,37H,17-19H2,1-6H3/t21-,22+,25?,26+,27+,30-,31-,32-,33+/m0/s1. The molecule has 9 atom stereocenters. The second kappa shape index (κ2) is 10.5. The molecule has 2 aromatic carbocycles. The summed E-state index contributed by atoms with van der Waals surface area (Å²) in [6.07, 6.45) is -0.915. The Morgan fingerprint density at radius 3 is 2.05 bits per heavy atom.